The minimum atomic E-state index is -1.31. The second-order valence-electron chi connectivity index (χ2n) is 14.5. The van der Waals surface area contributed by atoms with Crippen molar-refractivity contribution < 1.29 is 30.0 Å². The molecule has 4 saturated carbocycles. The summed E-state index contributed by atoms with van der Waals surface area (Å²) in [6.45, 7) is 14.4. The topological polar surface area (TPSA) is 115 Å². The van der Waals surface area contributed by atoms with E-state index in [4.69, 9.17) is 0 Å². The fourth-order valence-corrected chi connectivity index (χ4v) is 11.2. The van der Waals surface area contributed by atoms with E-state index in [0.717, 1.165) is 12.0 Å². The number of carbonyl (C=O) groups is 2. The van der Waals surface area contributed by atoms with Crippen LogP contribution < -0.4 is 0 Å². The predicted molar refractivity (Wildman–Crippen MR) is 136 cm³/mol. The van der Waals surface area contributed by atoms with Crippen molar-refractivity contribution in [2.45, 2.75) is 105 Å². The number of aliphatic carboxylic acids is 1. The molecule has 0 radical (unpaired) electrons. The third-order valence-electron chi connectivity index (χ3n) is 13.1. The number of hydrogen-bond donors (Lipinski definition) is 4. The van der Waals surface area contributed by atoms with Gasteiger partial charge in [-0.1, -0.05) is 46.3 Å². The first kappa shape index (κ1) is 26.4. The number of allylic oxidation sites excluding steroid dienone is 2. The Balaban J connectivity index is 1.68. The Kier molecular flexibility index (Phi) is 5.61. The molecule has 0 aromatic rings. The van der Waals surface area contributed by atoms with E-state index in [9.17, 15) is 30.0 Å². The Bertz CT molecular complexity index is 1020. The van der Waals surface area contributed by atoms with Crippen molar-refractivity contribution in [3.63, 3.8) is 0 Å². The van der Waals surface area contributed by atoms with E-state index in [1.54, 1.807) is 6.92 Å². The van der Waals surface area contributed by atoms with Gasteiger partial charge in [-0.05, 0) is 86.9 Å². The van der Waals surface area contributed by atoms with Crippen LogP contribution in [0.5, 0.6) is 0 Å². The number of ketones is 1. The lowest BCUT2D eigenvalue weighted by atomic mass is 9.33. The van der Waals surface area contributed by atoms with Crippen LogP contribution in [0.1, 0.15) is 87.0 Å². The van der Waals surface area contributed by atoms with Gasteiger partial charge in [0.15, 0.2) is 5.78 Å². The average molecular weight is 503 g/mol. The molecule has 0 aromatic heterocycles. The smallest absolute Gasteiger partial charge is 0.312 e. The molecule has 36 heavy (non-hydrogen) atoms. The highest BCUT2D eigenvalue weighted by Gasteiger charge is 2.74. The molecule has 6 nitrogen and oxygen atoms in total. The fourth-order valence-electron chi connectivity index (χ4n) is 11.2. The molecule has 0 saturated heterocycles. The summed E-state index contributed by atoms with van der Waals surface area (Å²) >= 11 is 0. The summed E-state index contributed by atoms with van der Waals surface area (Å²) < 4.78 is 0. The van der Waals surface area contributed by atoms with E-state index in [2.05, 4.69) is 40.7 Å². The second kappa shape index (κ2) is 7.66. The lowest BCUT2D eigenvalue weighted by Gasteiger charge is -2.70. The van der Waals surface area contributed by atoms with Gasteiger partial charge in [0.25, 0.3) is 0 Å². The van der Waals surface area contributed by atoms with E-state index in [0.29, 0.717) is 32.1 Å². The SMILES string of the molecule is C[C@H]1[C@H](C)C[C@H](O)[C@]2(C)CC=C3[C@@](C)(C(=O)[C@@H](O)[C@@H]4[C@@]5(C)CC[C@H](O)[C@@](C)(C(=O)O)[C@@H]5CC[C@@]34C)[C@H]12. The Morgan fingerprint density at radius 2 is 1.56 bits per heavy atom. The minimum Gasteiger partial charge on any atom is -0.481 e. The monoisotopic (exact) mass is 502 g/mol. The van der Waals surface area contributed by atoms with E-state index >= 15 is 0 Å². The van der Waals surface area contributed by atoms with Crippen LogP contribution in [0, 0.1) is 56.7 Å². The summed E-state index contributed by atoms with van der Waals surface area (Å²) in [6, 6.07) is 0. The van der Waals surface area contributed by atoms with Crippen molar-refractivity contribution in [2.75, 3.05) is 0 Å². The molecular weight excluding hydrogens is 456 g/mol. The van der Waals surface area contributed by atoms with Crippen molar-refractivity contribution in [3.05, 3.63) is 11.6 Å². The number of fused-ring (bicyclic) bond motifs is 7. The summed E-state index contributed by atoms with van der Waals surface area (Å²) in [5, 5.41) is 44.3. The third-order valence-corrected chi connectivity index (χ3v) is 13.1. The number of aliphatic hydroxyl groups is 3. The van der Waals surface area contributed by atoms with Crippen LogP contribution in [0.2, 0.25) is 0 Å². The first-order valence-electron chi connectivity index (χ1n) is 14.0. The number of carbonyl (C=O) groups excluding carboxylic acids is 1. The number of Topliss-reactive ketones (excluding diaryl/α,β-unsaturated/α-hetero) is 1. The van der Waals surface area contributed by atoms with Crippen molar-refractivity contribution in [3.8, 4) is 0 Å². The van der Waals surface area contributed by atoms with Gasteiger partial charge in [0.1, 0.15) is 6.10 Å². The molecule has 0 bridgehead atoms. The van der Waals surface area contributed by atoms with Crippen molar-refractivity contribution in [1.29, 1.82) is 0 Å². The van der Waals surface area contributed by atoms with Gasteiger partial charge < -0.3 is 20.4 Å². The van der Waals surface area contributed by atoms with Crippen LogP contribution in [-0.2, 0) is 9.59 Å². The second-order valence-corrected chi connectivity index (χ2v) is 14.5. The standard InChI is InChI=1S/C30H46O6/c1-15-14-20(32)28(5)12-9-18-26(3)11-8-17-27(4,13-10-19(31)29(17,6)25(35)36)23(26)21(33)24(34)30(18,7)22(28)16(15)2/h9,15-17,19-23,31-33H,8,10-14H2,1-7H3,(H,35,36)/t15-,16+,17-,19+,20+,21+,22-,23+,26+,27+,28+,29+,30-/m1/s1. The van der Waals surface area contributed by atoms with Crippen molar-refractivity contribution >= 4 is 11.8 Å². The molecule has 0 aliphatic heterocycles. The van der Waals surface area contributed by atoms with Crippen LogP contribution in [-0.4, -0.2) is 50.5 Å². The molecule has 13 atom stereocenters. The van der Waals surface area contributed by atoms with E-state index in [1.807, 2.05) is 6.92 Å². The van der Waals surface area contributed by atoms with E-state index in [1.165, 1.54) is 0 Å². The van der Waals surface area contributed by atoms with Crippen LogP contribution in [0.4, 0.5) is 0 Å². The van der Waals surface area contributed by atoms with Gasteiger partial charge in [-0.2, -0.15) is 0 Å². The summed E-state index contributed by atoms with van der Waals surface area (Å²) in [4.78, 5) is 27.0. The maximum atomic E-state index is 14.5. The van der Waals surface area contributed by atoms with Crippen LogP contribution in [0.25, 0.3) is 0 Å². The van der Waals surface area contributed by atoms with Gasteiger partial charge in [-0.15, -0.1) is 0 Å². The average Bonchev–Trinajstić information content (AvgIpc) is 2.78. The van der Waals surface area contributed by atoms with Gasteiger partial charge in [0.05, 0.1) is 23.0 Å². The normalized spacial score (nSPS) is 58.6. The number of carboxylic acid groups (broad SMARTS) is 1. The van der Waals surface area contributed by atoms with Crippen molar-refractivity contribution in [2.24, 2.45) is 56.7 Å². The molecule has 4 fully saturated rings. The quantitative estimate of drug-likeness (QED) is 0.399. The van der Waals surface area contributed by atoms with Gasteiger partial charge in [0.2, 0.25) is 0 Å². The minimum absolute atomic E-state index is 0.0772. The molecule has 5 rings (SSSR count). The highest BCUT2D eigenvalue weighted by molar-refractivity contribution is 5.94. The molecule has 5 aliphatic carbocycles. The zero-order valence-electron chi connectivity index (χ0n) is 23.0. The molecule has 0 heterocycles. The first-order chi connectivity index (χ1) is 16.5. The first-order valence-corrected chi connectivity index (χ1v) is 14.0. The fraction of sp³-hybridized carbons (Fsp3) is 0.867. The lowest BCUT2D eigenvalue weighted by molar-refractivity contribution is -0.225. The maximum absolute atomic E-state index is 14.5. The number of rotatable bonds is 1. The Labute approximate surface area is 215 Å². The molecule has 5 aliphatic rings. The predicted octanol–water partition coefficient (Wildman–Crippen LogP) is 4.21. The summed E-state index contributed by atoms with van der Waals surface area (Å²) in [6.07, 6.45) is 3.24. The number of hydrogen-bond acceptors (Lipinski definition) is 5. The van der Waals surface area contributed by atoms with Gasteiger partial charge in [-0.3, -0.25) is 9.59 Å². The van der Waals surface area contributed by atoms with Crippen LogP contribution in [0.15, 0.2) is 11.6 Å². The Hall–Kier alpha value is -1.24. The molecule has 0 aromatic carbocycles. The zero-order valence-corrected chi connectivity index (χ0v) is 23.0. The summed E-state index contributed by atoms with van der Waals surface area (Å²) in [5.41, 5.74) is -2.56. The largest absolute Gasteiger partial charge is 0.481 e. The maximum Gasteiger partial charge on any atom is 0.312 e. The van der Waals surface area contributed by atoms with Crippen molar-refractivity contribution in [1.82, 2.24) is 0 Å². The van der Waals surface area contributed by atoms with E-state index in [-0.39, 0.29) is 29.5 Å². The lowest BCUT2D eigenvalue weighted by Crippen LogP contribution is -2.72. The third kappa shape index (κ3) is 2.79. The molecule has 4 N–H and O–H groups in total. The Morgan fingerprint density at radius 1 is 0.917 bits per heavy atom. The molecule has 0 unspecified atom stereocenters. The summed E-state index contributed by atoms with van der Waals surface area (Å²) in [7, 11) is 0. The number of aliphatic hydroxyl groups excluding tert-OH is 3. The molecule has 0 amide bonds. The van der Waals surface area contributed by atoms with Gasteiger partial charge in [0, 0.05) is 11.3 Å². The molecule has 0 spiro atoms. The molecule has 202 valence electrons. The summed E-state index contributed by atoms with van der Waals surface area (Å²) in [5.74, 6) is -1.49. The van der Waals surface area contributed by atoms with Crippen LogP contribution in [0.3, 0.4) is 0 Å². The number of carboxylic acids is 1. The zero-order chi connectivity index (χ0) is 26.8. The molecule has 6 heteroatoms. The Morgan fingerprint density at radius 3 is 2.17 bits per heavy atom. The van der Waals surface area contributed by atoms with E-state index < -0.39 is 57.3 Å². The van der Waals surface area contributed by atoms with Gasteiger partial charge in [-0.25, -0.2) is 0 Å². The highest BCUT2D eigenvalue weighted by atomic mass is 16.4. The molecular formula is C30H46O6. The highest BCUT2D eigenvalue weighted by Crippen LogP contribution is 2.74. The van der Waals surface area contributed by atoms with Gasteiger partial charge >= 0.3 is 5.97 Å². The van der Waals surface area contributed by atoms with Crippen LogP contribution >= 0.6 is 0 Å².